The fraction of sp³-hybridized carbons (Fsp3) is 0.385. The van der Waals surface area contributed by atoms with Gasteiger partial charge in [-0.1, -0.05) is 15.9 Å². The summed E-state index contributed by atoms with van der Waals surface area (Å²) in [7, 11) is 0. The highest BCUT2D eigenvalue weighted by Gasteiger charge is 2.17. The van der Waals surface area contributed by atoms with Crippen LogP contribution in [-0.2, 0) is 0 Å². The number of hydrogen-bond acceptors (Lipinski definition) is 2. The first-order chi connectivity index (χ1) is 8.06. The lowest BCUT2D eigenvalue weighted by molar-refractivity contribution is 0.0710. The molecule has 0 saturated carbocycles. The van der Waals surface area contributed by atoms with Gasteiger partial charge in [0.2, 0.25) is 0 Å². The van der Waals surface area contributed by atoms with E-state index >= 15 is 0 Å². The van der Waals surface area contributed by atoms with Crippen LogP contribution in [0.2, 0.25) is 0 Å². The average Bonchev–Trinajstić information content (AvgIpc) is 2.29. The molecule has 3 nitrogen and oxygen atoms in total. The standard InChI is InChI=1S/C13H15BrN2O/c1-10(2)16(9-3-8-15)13(17)11-4-6-12(14)7-5-11/h4-7,10H,3,9H2,1-2H3. The Balaban J connectivity index is 2.84. The molecule has 4 heteroatoms. The van der Waals surface area contributed by atoms with Gasteiger partial charge in [0.15, 0.2) is 0 Å². The Morgan fingerprint density at radius 3 is 2.47 bits per heavy atom. The summed E-state index contributed by atoms with van der Waals surface area (Å²) < 4.78 is 0.946. The molecule has 0 bridgehead atoms. The number of rotatable bonds is 4. The van der Waals surface area contributed by atoms with Gasteiger partial charge >= 0.3 is 0 Å². The maximum absolute atomic E-state index is 12.2. The number of carbonyl (C=O) groups excluding carboxylic acids is 1. The zero-order chi connectivity index (χ0) is 12.8. The highest BCUT2D eigenvalue weighted by Crippen LogP contribution is 2.14. The van der Waals surface area contributed by atoms with Gasteiger partial charge < -0.3 is 4.90 Å². The smallest absolute Gasteiger partial charge is 0.254 e. The normalized spacial score (nSPS) is 10.1. The SMILES string of the molecule is CC(C)N(CCC#N)C(=O)c1ccc(Br)cc1. The molecule has 0 fully saturated rings. The summed E-state index contributed by atoms with van der Waals surface area (Å²) in [6.07, 6.45) is 0.362. The fourth-order valence-electron chi connectivity index (χ4n) is 1.52. The van der Waals surface area contributed by atoms with Gasteiger partial charge in [0.25, 0.3) is 5.91 Å². The largest absolute Gasteiger partial charge is 0.335 e. The van der Waals surface area contributed by atoms with E-state index in [1.807, 2.05) is 26.0 Å². The highest BCUT2D eigenvalue weighted by atomic mass is 79.9. The van der Waals surface area contributed by atoms with Crippen LogP contribution in [0.5, 0.6) is 0 Å². The number of halogens is 1. The van der Waals surface area contributed by atoms with Crippen LogP contribution in [0.3, 0.4) is 0 Å². The Morgan fingerprint density at radius 1 is 1.41 bits per heavy atom. The van der Waals surface area contributed by atoms with Gasteiger partial charge in [-0.2, -0.15) is 5.26 Å². The van der Waals surface area contributed by atoms with E-state index in [0.717, 1.165) is 4.47 Å². The van der Waals surface area contributed by atoms with Crippen molar-refractivity contribution in [3.8, 4) is 6.07 Å². The molecule has 90 valence electrons. The quantitative estimate of drug-likeness (QED) is 0.856. The lowest BCUT2D eigenvalue weighted by Gasteiger charge is -2.25. The predicted molar refractivity (Wildman–Crippen MR) is 70.5 cm³/mol. The molecule has 0 aliphatic rings. The van der Waals surface area contributed by atoms with E-state index in [4.69, 9.17) is 5.26 Å². The van der Waals surface area contributed by atoms with Crippen molar-refractivity contribution in [1.82, 2.24) is 4.90 Å². The third-order valence-electron chi connectivity index (χ3n) is 2.44. The maximum atomic E-state index is 12.2. The van der Waals surface area contributed by atoms with E-state index in [1.165, 1.54) is 0 Å². The topological polar surface area (TPSA) is 44.1 Å². The Morgan fingerprint density at radius 2 is 2.00 bits per heavy atom. The number of benzene rings is 1. The van der Waals surface area contributed by atoms with E-state index in [-0.39, 0.29) is 11.9 Å². The lowest BCUT2D eigenvalue weighted by atomic mass is 10.1. The molecule has 0 aliphatic carbocycles. The zero-order valence-electron chi connectivity index (χ0n) is 9.98. The van der Waals surface area contributed by atoms with Crippen LogP contribution >= 0.6 is 15.9 Å². The number of nitriles is 1. The summed E-state index contributed by atoms with van der Waals surface area (Å²) >= 11 is 3.33. The molecule has 0 spiro atoms. The van der Waals surface area contributed by atoms with Gasteiger partial charge in [-0.3, -0.25) is 4.79 Å². The molecule has 0 N–H and O–H groups in total. The maximum Gasteiger partial charge on any atom is 0.254 e. The minimum atomic E-state index is -0.0252. The van der Waals surface area contributed by atoms with E-state index in [1.54, 1.807) is 17.0 Å². The molecule has 0 saturated heterocycles. The minimum Gasteiger partial charge on any atom is -0.335 e. The Hall–Kier alpha value is -1.34. The second-order valence-electron chi connectivity index (χ2n) is 4.01. The second kappa shape index (κ2) is 6.41. The van der Waals surface area contributed by atoms with Crippen molar-refractivity contribution in [2.75, 3.05) is 6.54 Å². The van der Waals surface area contributed by atoms with E-state index in [9.17, 15) is 4.79 Å². The molecule has 0 atom stereocenters. The van der Waals surface area contributed by atoms with Crippen LogP contribution in [0.1, 0.15) is 30.6 Å². The van der Waals surface area contributed by atoms with Crippen LogP contribution in [0.25, 0.3) is 0 Å². The average molecular weight is 295 g/mol. The second-order valence-corrected chi connectivity index (χ2v) is 4.92. The molecule has 0 heterocycles. The van der Waals surface area contributed by atoms with Gasteiger partial charge in [0.1, 0.15) is 0 Å². The van der Waals surface area contributed by atoms with Gasteiger partial charge in [-0.25, -0.2) is 0 Å². The first kappa shape index (κ1) is 13.7. The highest BCUT2D eigenvalue weighted by molar-refractivity contribution is 9.10. The lowest BCUT2D eigenvalue weighted by Crippen LogP contribution is -2.37. The first-order valence-corrected chi connectivity index (χ1v) is 6.29. The number of carbonyl (C=O) groups is 1. The predicted octanol–water partition coefficient (Wildman–Crippen LogP) is 3.21. The van der Waals surface area contributed by atoms with E-state index in [0.29, 0.717) is 18.5 Å². The van der Waals surface area contributed by atoms with Crippen molar-refractivity contribution >= 4 is 21.8 Å². The van der Waals surface area contributed by atoms with Crippen LogP contribution in [0.15, 0.2) is 28.7 Å². The molecular formula is C13H15BrN2O. The Kier molecular flexibility index (Phi) is 5.17. The van der Waals surface area contributed by atoms with E-state index < -0.39 is 0 Å². The monoisotopic (exact) mass is 294 g/mol. The van der Waals surface area contributed by atoms with Gasteiger partial charge in [0.05, 0.1) is 12.5 Å². The molecule has 1 aromatic carbocycles. The summed E-state index contributed by atoms with van der Waals surface area (Å²) in [5, 5.41) is 8.59. The van der Waals surface area contributed by atoms with Crippen molar-refractivity contribution in [3.63, 3.8) is 0 Å². The van der Waals surface area contributed by atoms with Crippen molar-refractivity contribution in [2.24, 2.45) is 0 Å². The van der Waals surface area contributed by atoms with Crippen molar-refractivity contribution in [2.45, 2.75) is 26.3 Å². The van der Waals surface area contributed by atoms with Crippen LogP contribution in [-0.4, -0.2) is 23.4 Å². The number of nitrogens with zero attached hydrogens (tertiary/aromatic N) is 2. The summed E-state index contributed by atoms with van der Waals surface area (Å²) in [5.74, 6) is -0.0252. The van der Waals surface area contributed by atoms with Gasteiger partial charge in [-0.15, -0.1) is 0 Å². The molecule has 1 rings (SSSR count). The first-order valence-electron chi connectivity index (χ1n) is 5.49. The van der Waals surface area contributed by atoms with Crippen LogP contribution in [0.4, 0.5) is 0 Å². The summed E-state index contributed by atoms with van der Waals surface area (Å²) in [6.45, 7) is 4.38. The van der Waals surface area contributed by atoms with Crippen molar-refractivity contribution < 1.29 is 4.79 Å². The molecule has 1 amide bonds. The molecule has 17 heavy (non-hydrogen) atoms. The minimum absolute atomic E-state index is 0.0252. The number of amides is 1. The third kappa shape index (κ3) is 3.86. The molecular weight excluding hydrogens is 280 g/mol. The summed E-state index contributed by atoms with van der Waals surface area (Å²) in [4.78, 5) is 13.9. The molecule has 0 unspecified atom stereocenters. The zero-order valence-corrected chi connectivity index (χ0v) is 11.6. The summed E-state index contributed by atoms with van der Waals surface area (Å²) in [5.41, 5.74) is 0.653. The van der Waals surface area contributed by atoms with Crippen molar-refractivity contribution in [3.05, 3.63) is 34.3 Å². The summed E-state index contributed by atoms with van der Waals surface area (Å²) in [6, 6.07) is 9.42. The molecule has 0 radical (unpaired) electrons. The Labute approximate surface area is 110 Å². The number of hydrogen-bond donors (Lipinski definition) is 0. The van der Waals surface area contributed by atoms with Gasteiger partial charge in [-0.05, 0) is 38.1 Å². The van der Waals surface area contributed by atoms with Crippen LogP contribution < -0.4 is 0 Å². The van der Waals surface area contributed by atoms with Crippen molar-refractivity contribution in [1.29, 1.82) is 5.26 Å². The molecule has 1 aromatic rings. The van der Waals surface area contributed by atoms with E-state index in [2.05, 4.69) is 22.0 Å². The van der Waals surface area contributed by atoms with Crippen LogP contribution in [0, 0.1) is 11.3 Å². The molecule has 0 aliphatic heterocycles. The Bertz CT molecular complexity index is 420. The third-order valence-corrected chi connectivity index (χ3v) is 2.97. The van der Waals surface area contributed by atoms with Gasteiger partial charge in [0, 0.05) is 22.6 Å². The fourth-order valence-corrected chi connectivity index (χ4v) is 1.79. The molecule has 0 aromatic heterocycles.